The van der Waals surface area contributed by atoms with E-state index in [0.717, 1.165) is 12.1 Å². The molecule has 1 aliphatic heterocycles. The van der Waals surface area contributed by atoms with Crippen LogP contribution in [0.3, 0.4) is 0 Å². The zero-order valence-electron chi connectivity index (χ0n) is 19.6. The van der Waals surface area contributed by atoms with Crippen LogP contribution in [0.1, 0.15) is 46.8 Å². The largest absolute Gasteiger partial charge is 0.416 e. The SMILES string of the molecule is CCCC(NC(=O)c1cc(C(F)(F)F)cc(C(F)(F)F)c1)C(=O)N1CCN(Cc2ccccc2)CC1. The van der Waals surface area contributed by atoms with E-state index in [1.807, 2.05) is 30.3 Å². The number of piperazine rings is 1. The first-order valence-electron chi connectivity index (χ1n) is 11.5. The fourth-order valence-electron chi connectivity index (χ4n) is 4.06. The van der Waals surface area contributed by atoms with Crippen molar-refractivity contribution in [3.05, 3.63) is 70.8 Å². The van der Waals surface area contributed by atoms with Gasteiger partial charge in [-0.05, 0) is 30.2 Å². The van der Waals surface area contributed by atoms with Gasteiger partial charge in [0.15, 0.2) is 0 Å². The van der Waals surface area contributed by atoms with Gasteiger partial charge in [0.25, 0.3) is 5.91 Å². The maximum atomic E-state index is 13.2. The molecule has 1 unspecified atom stereocenters. The molecule has 11 heteroatoms. The van der Waals surface area contributed by atoms with Crippen LogP contribution in [-0.4, -0.2) is 53.8 Å². The summed E-state index contributed by atoms with van der Waals surface area (Å²) in [6.45, 7) is 4.45. The van der Waals surface area contributed by atoms with Gasteiger partial charge < -0.3 is 10.2 Å². The number of amides is 2. The van der Waals surface area contributed by atoms with Crippen LogP contribution in [0.25, 0.3) is 0 Å². The molecule has 5 nitrogen and oxygen atoms in total. The number of halogens is 6. The van der Waals surface area contributed by atoms with E-state index in [-0.39, 0.29) is 12.5 Å². The highest BCUT2D eigenvalue weighted by atomic mass is 19.4. The van der Waals surface area contributed by atoms with E-state index in [1.54, 1.807) is 11.8 Å². The summed E-state index contributed by atoms with van der Waals surface area (Å²) in [7, 11) is 0. The summed E-state index contributed by atoms with van der Waals surface area (Å²) in [6, 6.07) is 9.42. The van der Waals surface area contributed by atoms with Crippen LogP contribution in [0.2, 0.25) is 0 Å². The van der Waals surface area contributed by atoms with Crippen LogP contribution in [0.5, 0.6) is 0 Å². The Hall–Kier alpha value is -3.08. The molecule has 1 fully saturated rings. The van der Waals surface area contributed by atoms with E-state index in [0.29, 0.717) is 44.7 Å². The number of nitrogens with one attached hydrogen (secondary N) is 1. The standard InChI is InChI=1S/C25H27F6N3O2/c1-2-6-21(23(36)34-11-9-33(10-12-34)16-17-7-4-3-5-8-17)32-22(35)18-13-19(24(26,27)28)15-20(14-18)25(29,30)31/h3-5,7-8,13-15,21H,2,6,9-12,16H2,1H3,(H,32,35). The molecule has 2 aromatic carbocycles. The Morgan fingerprint density at radius 3 is 1.94 bits per heavy atom. The summed E-state index contributed by atoms with van der Waals surface area (Å²) in [5, 5.41) is 2.36. The molecule has 196 valence electrons. The summed E-state index contributed by atoms with van der Waals surface area (Å²) < 4.78 is 79.0. The maximum Gasteiger partial charge on any atom is 0.416 e. The molecule has 36 heavy (non-hydrogen) atoms. The molecular formula is C25H27F6N3O2. The predicted octanol–water partition coefficient (Wildman–Crippen LogP) is 4.97. The zero-order chi connectivity index (χ0) is 26.5. The maximum absolute atomic E-state index is 13.2. The molecule has 1 atom stereocenters. The van der Waals surface area contributed by atoms with Gasteiger partial charge in [-0.3, -0.25) is 14.5 Å². The molecule has 2 amide bonds. The summed E-state index contributed by atoms with van der Waals surface area (Å²) >= 11 is 0. The number of carbonyl (C=O) groups excluding carboxylic acids is 2. The number of carbonyl (C=O) groups is 2. The summed E-state index contributed by atoms with van der Waals surface area (Å²) in [6.07, 6.45) is -9.48. The second-order valence-electron chi connectivity index (χ2n) is 8.70. The molecule has 1 aliphatic rings. The lowest BCUT2D eigenvalue weighted by atomic mass is 10.0. The number of benzene rings is 2. The first-order chi connectivity index (χ1) is 16.9. The number of nitrogens with zero attached hydrogens (tertiary/aromatic N) is 2. The highest BCUT2D eigenvalue weighted by Gasteiger charge is 2.38. The molecule has 0 saturated carbocycles. The summed E-state index contributed by atoms with van der Waals surface area (Å²) in [5.41, 5.74) is -2.85. The van der Waals surface area contributed by atoms with Crippen LogP contribution in [0, 0.1) is 0 Å². The molecule has 0 aromatic heterocycles. The first kappa shape index (κ1) is 27.5. The highest BCUT2D eigenvalue weighted by molar-refractivity contribution is 5.98. The molecule has 3 rings (SSSR count). The van der Waals surface area contributed by atoms with Crippen molar-refractivity contribution in [1.29, 1.82) is 0 Å². The minimum Gasteiger partial charge on any atom is -0.340 e. The van der Waals surface area contributed by atoms with Gasteiger partial charge in [-0.1, -0.05) is 43.7 Å². The number of hydrogen-bond acceptors (Lipinski definition) is 3. The average Bonchev–Trinajstić information content (AvgIpc) is 2.83. The van der Waals surface area contributed by atoms with Crippen LogP contribution < -0.4 is 5.32 Å². The minimum absolute atomic E-state index is 0.0413. The van der Waals surface area contributed by atoms with Crippen molar-refractivity contribution in [2.75, 3.05) is 26.2 Å². The van der Waals surface area contributed by atoms with Gasteiger partial charge >= 0.3 is 12.4 Å². The third-order valence-electron chi connectivity index (χ3n) is 5.96. The monoisotopic (exact) mass is 515 g/mol. The van der Waals surface area contributed by atoms with Crippen molar-refractivity contribution in [2.45, 2.75) is 44.7 Å². The molecule has 1 saturated heterocycles. The third-order valence-corrected chi connectivity index (χ3v) is 5.96. The van der Waals surface area contributed by atoms with E-state index in [2.05, 4.69) is 10.2 Å². The molecule has 0 spiro atoms. The second kappa shape index (κ2) is 11.3. The van der Waals surface area contributed by atoms with Gasteiger partial charge in [-0.25, -0.2) is 0 Å². The van der Waals surface area contributed by atoms with Crippen molar-refractivity contribution >= 4 is 11.8 Å². The summed E-state index contributed by atoms with van der Waals surface area (Å²) in [4.78, 5) is 29.6. The molecule has 1 heterocycles. The normalized spacial score (nSPS) is 16.0. The Labute approximate surface area is 205 Å². The Morgan fingerprint density at radius 1 is 0.889 bits per heavy atom. The van der Waals surface area contributed by atoms with Crippen LogP contribution in [0.15, 0.2) is 48.5 Å². The van der Waals surface area contributed by atoms with E-state index < -0.39 is 46.9 Å². The lowest BCUT2D eigenvalue weighted by molar-refractivity contribution is -0.143. The van der Waals surface area contributed by atoms with Gasteiger partial charge in [-0.2, -0.15) is 26.3 Å². The van der Waals surface area contributed by atoms with E-state index in [4.69, 9.17) is 0 Å². The van der Waals surface area contributed by atoms with Crippen LogP contribution >= 0.6 is 0 Å². The molecule has 2 aromatic rings. The number of hydrogen-bond donors (Lipinski definition) is 1. The van der Waals surface area contributed by atoms with Gasteiger partial charge in [0.05, 0.1) is 11.1 Å². The van der Waals surface area contributed by atoms with Gasteiger partial charge in [0, 0.05) is 38.3 Å². The smallest absolute Gasteiger partial charge is 0.340 e. The van der Waals surface area contributed by atoms with E-state index in [9.17, 15) is 35.9 Å². The summed E-state index contributed by atoms with van der Waals surface area (Å²) in [5.74, 6) is -1.58. The lowest BCUT2D eigenvalue weighted by Crippen LogP contribution is -2.54. The van der Waals surface area contributed by atoms with Crippen LogP contribution in [0.4, 0.5) is 26.3 Å². The minimum atomic E-state index is -5.08. The fourth-order valence-corrected chi connectivity index (χ4v) is 4.06. The van der Waals surface area contributed by atoms with Crippen molar-refractivity contribution in [2.24, 2.45) is 0 Å². The van der Waals surface area contributed by atoms with Crippen molar-refractivity contribution in [3.63, 3.8) is 0 Å². The average molecular weight is 515 g/mol. The van der Waals surface area contributed by atoms with Crippen molar-refractivity contribution in [1.82, 2.24) is 15.1 Å². The fraction of sp³-hybridized carbons (Fsp3) is 0.440. The van der Waals surface area contributed by atoms with Crippen LogP contribution in [-0.2, 0) is 23.7 Å². The Balaban J connectivity index is 1.70. The predicted molar refractivity (Wildman–Crippen MR) is 121 cm³/mol. The molecule has 0 radical (unpaired) electrons. The molecule has 1 N–H and O–H groups in total. The third kappa shape index (κ3) is 7.22. The van der Waals surface area contributed by atoms with E-state index in [1.165, 1.54) is 0 Å². The second-order valence-corrected chi connectivity index (χ2v) is 8.70. The van der Waals surface area contributed by atoms with E-state index >= 15 is 0 Å². The number of rotatable bonds is 7. The Bertz CT molecular complexity index is 1020. The molecule has 0 bridgehead atoms. The number of alkyl halides is 6. The molecule has 0 aliphatic carbocycles. The van der Waals surface area contributed by atoms with Crippen molar-refractivity contribution < 1.29 is 35.9 Å². The van der Waals surface area contributed by atoms with Gasteiger partial charge in [-0.15, -0.1) is 0 Å². The zero-order valence-corrected chi connectivity index (χ0v) is 19.6. The topological polar surface area (TPSA) is 52.7 Å². The first-order valence-corrected chi connectivity index (χ1v) is 11.5. The van der Waals surface area contributed by atoms with Crippen molar-refractivity contribution in [3.8, 4) is 0 Å². The quantitative estimate of drug-likeness (QED) is 0.530. The van der Waals surface area contributed by atoms with Gasteiger partial charge in [0.2, 0.25) is 5.91 Å². The highest BCUT2D eigenvalue weighted by Crippen LogP contribution is 2.36. The molecular weight excluding hydrogens is 488 g/mol. The Kier molecular flexibility index (Phi) is 8.65. The lowest BCUT2D eigenvalue weighted by Gasteiger charge is -2.36. The Morgan fingerprint density at radius 2 is 1.44 bits per heavy atom. The van der Waals surface area contributed by atoms with Gasteiger partial charge in [0.1, 0.15) is 6.04 Å².